The van der Waals surface area contributed by atoms with Crippen LogP contribution in [0.25, 0.3) is 0 Å². The summed E-state index contributed by atoms with van der Waals surface area (Å²) in [4.78, 5) is 15.8. The van der Waals surface area contributed by atoms with E-state index in [-0.39, 0.29) is 24.4 Å². The Bertz CT molecular complexity index is 807. The third kappa shape index (κ3) is 7.14. The van der Waals surface area contributed by atoms with E-state index in [0.717, 1.165) is 12.1 Å². The van der Waals surface area contributed by atoms with Gasteiger partial charge in [-0.25, -0.2) is 4.39 Å². The van der Waals surface area contributed by atoms with Gasteiger partial charge in [-0.1, -0.05) is 24.3 Å². The summed E-state index contributed by atoms with van der Waals surface area (Å²) in [5, 5.41) is 0. The number of carbonyl (C=O) groups is 1. The average Bonchev–Trinajstić information content (AvgIpc) is 2.52. The summed E-state index contributed by atoms with van der Waals surface area (Å²) in [7, 11) is 0. The summed E-state index contributed by atoms with van der Waals surface area (Å²) in [6, 6.07) is 10.3. The quantitative estimate of drug-likeness (QED) is 0.454. The van der Waals surface area contributed by atoms with Gasteiger partial charge in [0, 0.05) is 0 Å². The first-order valence-corrected chi connectivity index (χ1v) is 7.37. The number of guanidine groups is 1. The maximum atomic E-state index is 13.0. The van der Waals surface area contributed by atoms with E-state index in [1.165, 1.54) is 36.4 Å². The Hall–Kier alpha value is -2.81. The zero-order valence-electron chi connectivity index (χ0n) is 13.7. The SMILES string of the molecule is Cl.NC(N)=NC(=O)C(Cc1ccc(F)cc1)c1cccc(OC(F)(F)F)c1. The molecule has 1 unspecified atom stereocenters. The van der Waals surface area contributed by atoms with Crippen molar-refractivity contribution in [2.45, 2.75) is 18.7 Å². The highest BCUT2D eigenvalue weighted by molar-refractivity contribution is 5.95. The molecule has 0 aliphatic rings. The molecule has 0 saturated heterocycles. The van der Waals surface area contributed by atoms with E-state index in [2.05, 4.69) is 9.73 Å². The molecule has 2 rings (SSSR count). The average molecular weight is 406 g/mol. The lowest BCUT2D eigenvalue weighted by molar-refractivity contribution is -0.274. The fraction of sp³-hybridized carbons (Fsp3) is 0.176. The summed E-state index contributed by atoms with van der Waals surface area (Å²) >= 11 is 0. The number of hydrogen-bond donors (Lipinski definition) is 2. The van der Waals surface area contributed by atoms with Crippen LogP contribution >= 0.6 is 12.4 Å². The molecule has 0 bridgehead atoms. The number of alkyl halides is 3. The lowest BCUT2D eigenvalue weighted by atomic mass is 9.91. The number of nitrogens with two attached hydrogens (primary N) is 2. The molecule has 10 heteroatoms. The normalized spacial score (nSPS) is 11.9. The van der Waals surface area contributed by atoms with E-state index in [9.17, 15) is 22.4 Å². The number of aliphatic imine (C=N–C) groups is 1. The van der Waals surface area contributed by atoms with Gasteiger partial charge in [-0.3, -0.25) is 4.79 Å². The van der Waals surface area contributed by atoms with Gasteiger partial charge in [-0.2, -0.15) is 4.99 Å². The highest BCUT2D eigenvalue weighted by Crippen LogP contribution is 2.29. The first-order chi connectivity index (χ1) is 12.1. The highest BCUT2D eigenvalue weighted by atomic mass is 35.5. The van der Waals surface area contributed by atoms with Gasteiger partial charge < -0.3 is 16.2 Å². The summed E-state index contributed by atoms with van der Waals surface area (Å²) in [5.41, 5.74) is 11.2. The summed E-state index contributed by atoms with van der Waals surface area (Å²) in [6.45, 7) is 0. The largest absolute Gasteiger partial charge is 0.573 e. The number of hydrogen-bond acceptors (Lipinski definition) is 2. The molecule has 0 aliphatic carbocycles. The second kappa shape index (κ2) is 9.22. The number of ether oxygens (including phenoxy) is 1. The minimum absolute atomic E-state index is 0. The lowest BCUT2D eigenvalue weighted by Gasteiger charge is -2.16. The van der Waals surface area contributed by atoms with Crippen molar-refractivity contribution in [2.75, 3.05) is 0 Å². The number of carbonyl (C=O) groups excluding carboxylic acids is 1. The van der Waals surface area contributed by atoms with Crippen LogP contribution in [-0.2, 0) is 11.2 Å². The van der Waals surface area contributed by atoms with Crippen LogP contribution in [0.5, 0.6) is 5.75 Å². The van der Waals surface area contributed by atoms with Crippen molar-refractivity contribution in [3.8, 4) is 5.75 Å². The maximum absolute atomic E-state index is 13.0. The Labute approximate surface area is 158 Å². The van der Waals surface area contributed by atoms with E-state index in [4.69, 9.17) is 11.5 Å². The third-order valence-corrected chi connectivity index (χ3v) is 3.38. The van der Waals surface area contributed by atoms with E-state index in [0.29, 0.717) is 5.56 Å². The molecule has 0 fully saturated rings. The molecular formula is C17H16ClF4N3O2. The number of rotatable bonds is 5. The first-order valence-electron chi connectivity index (χ1n) is 7.37. The van der Waals surface area contributed by atoms with Gasteiger partial charge in [-0.15, -0.1) is 25.6 Å². The third-order valence-electron chi connectivity index (χ3n) is 3.38. The monoisotopic (exact) mass is 405 g/mol. The zero-order chi connectivity index (χ0) is 19.3. The number of halogens is 5. The highest BCUT2D eigenvalue weighted by Gasteiger charge is 2.31. The molecule has 1 atom stereocenters. The maximum Gasteiger partial charge on any atom is 0.573 e. The second-order valence-electron chi connectivity index (χ2n) is 5.38. The molecule has 0 aromatic heterocycles. The number of benzene rings is 2. The van der Waals surface area contributed by atoms with Crippen LogP contribution < -0.4 is 16.2 Å². The second-order valence-corrected chi connectivity index (χ2v) is 5.38. The molecule has 27 heavy (non-hydrogen) atoms. The molecule has 0 heterocycles. The van der Waals surface area contributed by atoms with Crippen molar-refractivity contribution < 1.29 is 27.1 Å². The summed E-state index contributed by atoms with van der Waals surface area (Å²) in [5.74, 6) is -3.11. The predicted octanol–water partition coefficient (Wildman–Crippen LogP) is 3.27. The molecule has 1 amide bonds. The van der Waals surface area contributed by atoms with Gasteiger partial charge in [0.1, 0.15) is 11.6 Å². The van der Waals surface area contributed by atoms with Crippen LogP contribution in [0.4, 0.5) is 17.6 Å². The van der Waals surface area contributed by atoms with E-state index < -0.39 is 35.7 Å². The Morgan fingerprint density at radius 1 is 1.11 bits per heavy atom. The first kappa shape index (κ1) is 22.2. The molecule has 0 radical (unpaired) electrons. The van der Waals surface area contributed by atoms with Gasteiger partial charge >= 0.3 is 6.36 Å². The van der Waals surface area contributed by atoms with Gasteiger partial charge in [0.15, 0.2) is 5.96 Å². The molecule has 5 nitrogen and oxygen atoms in total. The van der Waals surface area contributed by atoms with Crippen LogP contribution in [0.1, 0.15) is 17.0 Å². The molecule has 0 aliphatic heterocycles. The minimum atomic E-state index is -4.87. The van der Waals surface area contributed by atoms with Crippen LogP contribution in [0, 0.1) is 5.82 Å². The molecule has 2 aromatic carbocycles. The van der Waals surface area contributed by atoms with Gasteiger partial charge in [0.05, 0.1) is 5.92 Å². The van der Waals surface area contributed by atoms with Crippen LogP contribution in [-0.4, -0.2) is 18.2 Å². The minimum Gasteiger partial charge on any atom is -0.406 e. The summed E-state index contributed by atoms with van der Waals surface area (Å²) < 4.78 is 54.1. The number of amides is 1. The molecule has 0 spiro atoms. The van der Waals surface area contributed by atoms with E-state index in [1.54, 1.807) is 0 Å². The lowest BCUT2D eigenvalue weighted by Crippen LogP contribution is -2.26. The fourth-order valence-electron chi connectivity index (χ4n) is 2.34. The molecule has 4 N–H and O–H groups in total. The van der Waals surface area contributed by atoms with Crippen LogP contribution in [0.3, 0.4) is 0 Å². The van der Waals surface area contributed by atoms with Crippen molar-refractivity contribution in [3.05, 3.63) is 65.5 Å². The Kier molecular flexibility index (Phi) is 7.59. The fourth-order valence-corrected chi connectivity index (χ4v) is 2.34. The smallest absolute Gasteiger partial charge is 0.406 e. The Morgan fingerprint density at radius 3 is 2.30 bits per heavy atom. The zero-order valence-corrected chi connectivity index (χ0v) is 14.6. The van der Waals surface area contributed by atoms with Crippen molar-refractivity contribution >= 4 is 24.3 Å². The molecular weight excluding hydrogens is 390 g/mol. The van der Waals surface area contributed by atoms with Gasteiger partial charge in [0.25, 0.3) is 5.91 Å². The van der Waals surface area contributed by atoms with Crippen molar-refractivity contribution in [1.82, 2.24) is 0 Å². The topological polar surface area (TPSA) is 90.7 Å². The number of nitrogens with zero attached hydrogens (tertiary/aromatic N) is 1. The van der Waals surface area contributed by atoms with Crippen molar-refractivity contribution in [2.24, 2.45) is 16.5 Å². The van der Waals surface area contributed by atoms with Crippen LogP contribution in [0.2, 0.25) is 0 Å². The predicted molar refractivity (Wildman–Crippen MR) is 94.0 cm³/mol. The van der Waals surface area contributed by atoms with Crippen molar-refractivity contribution in [1.29, 1.82) is 0 Å². The molecule has 146 valence electrons. The van der Waals surface area contributed by atoms with Gasteiger partial charge in [-0.05, 0) is 41.8 Å². The van der Waals surface area contributed by atoms with Crippen molar-refractivity contribution in [3.63, 3.8) is 0 Å². The van der Waals surface area contributed by atoms with Gasteiger partial charge in [0.2, 0.25) is 0 Å². The summed E-state index contributed by atoms with van der Waals surface area (Å²) in [6.07, 6.45) is -4.81. The van der Waals surface area contributed by atoms with Crippen LogP contribution in [0.15, 0.2) is 53.5 Å². The van der Waals surface area contributed by atoms with E-state index in [1.807, 2.05) is 0 Å². The van der Waals surface area contributed by atoms with E-state index >= 15 is 0 Å². The Balaban J connectivity index is 0.00000364. The standard InChI is InChI=1S/C17H15F4N3O2.ClH/c18-12-6-4-10(5-7-12)8-14(15(25)24-16(22)23)11-2-1-3-13(9-11)26-17(19,20)21;/h1-7,9,14H,8H2,(H4,22,23,24,25);1H. The molecule has 2 aromatic rings. The molecule has 0 saturated carbocycles. The Morgan fingerprint density at radius 2 is 1.74 bits per heavy atom.